The topological polar surface area (TPSA) is 64.6 Å². The van der Waals surface area contributed by atoms with Crippen LogP contribution in [0.2, 0.25) is 0 Å². The maximum absolute atomic E-state index is 12.0. The second kappa shape index (κ2) is 7.24. The van der Waals surface area contributed by atoms with Crippen LogP contribution in [0.15, 0.2) is 0 Å². The van der Waals surface area contributed by atoms with Crippen molar-refractivity contribution in [2.75, 3.05) is 6.61 Å². The van der Waals surface area contributed by atoms with Crippen molar-refractivity contribution in [2.24, 2.45) is 5.92 Å². The third-order valence-electron chi connectivity index (χ3n) is 2.42. The predicted octanol–water partition coefficient (Wildman–Crippen LogP) is 2.49. The van der Waals surface area contributed by atoms with Gasteiger partial charge in [0, 0.05) is 0 Å². The van der Waals surface area contributed by atoms with Gasteiger partial charge < -0.3 is 14.8 Å². The zero-order valence-corrected chi connectivity index (χ0v) is 12.2. The standard InChI is InChI=1S/C13H25NO4/c1-7-9(3)10(14-12(16)17-8-2)11(15)18-13(4,5)6/h9-10H,7-8H2,1-6H3,(H,14,16)/t9-,10-/m0/s1. The Morgan fingerprint density at radius 3 is 2.17 bits per heavy atom. The molecule has 0 aromatic heterocycles. The van der Waals surface area contributed by atoms with E-state index in [1.54, 1.807) is 27.7 Å². The SMILES string of the molecule is CCOC(=O)N[C@H](C(=O)OC(C)(C)C)[C@@H](C)CC. The number of rotatable bonds is 5. The molecule has 0 saturated heterocycles. The molecule has 0 radical (unpaired) electrons. The van der Waals surface area contributed by atoms with E-state index >= 15 is 0 Å². The zero-order chi connectivity index (χ0) is 14.3. The van der Waals surface area contributed by atoms with Crippen LogP contribution in [0.4, 0.5) is 4.79 Å². The lowest BCUT2D eigenvalue weighted by molar-refractivity contribution is -0.158. The van der Waals surface area contributed by atoms with Crippen molar-refractivity contribution < 1.29 is 19.1 Å². The molecule has 1 amide bonds. The number of alkyl carbamates (subject to hydrolysis) is 1. The summed E-state index contributed by atoms with van der Waals surface area (Å²) in [5, 5.41) is 2.56. The van der Waals surface area contributed by atoms with Crippen LogP contribution in [0.5, 0.6) is 0 Å². The van der Waals surface area contributed by atoms with Gasteiger partial charge in [-0.05, 0) is 33.6 Å². The van der Waals surface area contributed by atoms with Crippen molar-refractivity contribution in [1.82, 2.24) is 5.32 Å². The molecular weight excluding hydrogens is 234 g/mol. The third-order valence-corrected chi connectivity index (χ3v) is 2.42. The first-order valence-corrected chi connectivity index (χ1v) is 6.37. The van der Waals surface area contributed by atoms with Crippen LogP contribution in [0.25, 0.3) is 0 Å². The molecule has 0 aliphatic heterocycles. The fourth-order valence-corrected chi connectivity index (χ4v) is 1.33. The normalized spacial score (nSPS) is 14.6. The molecule has 0 fully saturated rings. The maximum Gasteiger partial charge on any atom is 0.407 e. The lowest BCUT2D eigenvalue weighted by Crippen LogP contribution is -2.48. The number of esters is 1. The fraction of sp³-hybridized carbons (Fsp3) is 0.846. The first-order chi connectivity index (χ1) is 8.21. The number of carbonyl (C=O) groups excluding carboxylic acids is 2. The number of hydrogen-bond acceptors (Lipinski definition) is 4. The molecule has 0 rings (SSSR count). The molecule has 5 heteroatoms. The average molecular weight is 259 g/mol. The number of amides is 1. The van der Waals surface area contributed by atoms with Gasteiger partial charge in [-0.2, -0.15) is 0 Å². The fourth-order valence-electron chi connectivity index (χ4n) is 1.33. The van der Waals surface area contributed by atoms with Gasteiger partial charge in [-0.1, -0.05) is 20.3 Å². The van der Waals surface area contributed by atoms with E-state index < -0.39 is 23.7 Å². The van der Waals surface area contributed by atoms with Gasteiger partial charge in [0.25, 0.3) is 0 Å². The third kappa shape index (κ3) is 6.47. The lowest BCUT2D eigenvalue weighted by Gasteiger charge is -2.27. The van der Waals surface area contributed by atoms with E-state index in [0.29, 0.717) is 0 Å². The van der Waals surface area contributed by atoms with Crippen LogP contribution < -0.4 is 5.32 Å². The molecule has 0 heterocycles. The summed E-state index contributed by atoms with van der Waals surface area (Å²) < 4.78 is 10.1. The largest absolute Gasteiger partial charge is 0.458 e. The Bertz CT molecular complexity index is 283. The Morgan fingerprint density at radius 2 is 1.78 bits per heavy atom. The Balaban J connectivity index is 4.68. The van der Waals surface area contributed by atoms with Crippen molar-refractivity contribution in [3.63, 3.8) is 0 Å². The zero-order valence-electron chi connectivity index (χ0n) is 12.2. The summed E-state index contributed by atoms with van der Waals surface area (Å²) in [6.07, 6.45) is 0.171. The summed E-state index contributed by atoms with van der Waals surface area (Å²) in [4.78, 5) is 23.4. The van der Waals surface area contributed by atoms with Crippen molar-refractivity contribution in [3.8, 4) is 0 Å². The number of nitrogens with one attached hydrogen (secondary N) is 1. The predicted molar refractivity (Wildman–Crippen MR) is 69.2 cm³/mol. The van der Waals surface area contributed by atoms with E-state index in [2.05, 4.69) is 5.32 Å². The molecule has 18 heavy (non-hydrogen) atoms. The van der Waals surface area contributed by atoms with E-state index in [9.17, 15) is 9.59 Å². The molecule has 0 aliphatic carbocycles. The molecule has 0 aromatic carbocycles. The molecule has 0 unspecified atom stereocenters. The van der Waals surface area contributed by atoms with Crippen molar-refractivity contribution in [2.45, 2.75) is 59.6 Å². The first-order valence-electron chi connectivity index (χ1n) is 6.37. The second-order valence-corrected chi connectivity index (χ2v) is 5.26. The van der Waals surface area contributed by atoms with E-state index in [0.717, 1.165) is 6.42 Å². The average Bonchev–Trinajstić information content (AvgIpc) is 2.22. The molecule has 0 aliphatic rings. The van der Waals surface area contributed by atoms with E-state index in [-0.39, 0.29) is 12.5 Å². The summed E-state index contributed by atoms with van der Waals surface area (Å²) in [6, 6.07) is -0.673. The van der Waals surface area contributed by atoms with Crippen LogP contribution in [0.3, 0.4) is 0 Å². The molecule has 2 atom stereocenters. The quantitative estimate of drug-likeness (QED) is 0.770. The lowest BCUT2D eigenvalue weighted by atomic mass is 9.99. The summed E-state index contributed by atoms with van der Waals surface area (Å²) in [5.41, 5.74) is -0.570. The van der Waals surface area contributed by atoms with Crippen molar-refractivity contribution in [1.29, 1.82) is 0 Å². The highest BCUT2D eigenvalue weighted by Crippen LogP contribution is 2.14. The first kappa shape index (κ1) is 16.7. The van der Waals surface area contributed by atoms with Gasteiger partial charge in [-0.3, -0.25) is 0 Å². The molecule has 0 saturated carbocycles. The highest BCUT2D eigenvalue weighted by atomic mass is 16.6. The minimum Gasteiger partial charge on any atom is -0.458 e. The minimum absolute atomic E-state index is 0.00995. The Hall–Kier alpha value is -1.26. The van der Waals surface area contributed by atoms with Gasteiger partial charge in [0.15, 0.2) is 0 Å². The second-order valence-electron chi connectivity index (χ2n) is 5.26. The Kier molecular flexibility index (Phi) is 6.73. The summed E-state index contributed by atoms with van der Waals surface area (Å²) >= 11 is 0. The van der Waals surface area contributed by atoms with E-state index in [1.807, 2.05) is 13.8 Å². The highest BCUT2D eigenvalue weighted by molar-refractivity contribution is 5.81. The van der Waals surface area contributed by atoms with Crippen LogP contribution in [-0.4, -0.2) is 30.3 Å². The smallest absolute Gasteiger partial charge is 0.407 e. The Labute approximate surface area is 109 Å². The van der Waals surface area contributed by atoms with Gasteiger partial charge in [0.05, 0.1) is 6.61 Å². The van der Waals surface area contributed by atoms with Crippen molar-refractivity contribution in [3.05, 3.63) is 0 Å². The monoisotopic (exact) mass is 259 g/mol. The minimum atomic E-state index is -0.673. The molecule has 106 valence electrons. The molecule has 1 N–H and O–H groups in total. The molecule has 0 aromatic rings. The maximum atomic E-state index is 12.0. The van der Waals surface area contributed by atoms with Crippen molar-refractivity contribution >= 4 is 12.1 Å². The number of carbonyl (C=O) groups is 2. The van der Waals surface area contributed by atoms with Crippen LogP contribution in [0, 0.1) is 5.92 Å². The Morgan fingerprint density at radius 1 is 1.22 bits per heavy atom. The van der Waals surface area contributed by atoms with Gasteiger partial charge in [0.2, 0.25) is 0 Å². The summed E-state index contributed by atoms with van der Waals surface area (Å²) in [5.74, 6) is -0.436. The highest BCUT2D eigenvalue weighted by Gasteiger charge is 2.30. The van der Waals surface area contributed by atoms with Crippen LogP contribution in [0.1, 0.15) is 48.0 Å². The van der Waals surface area contributed by atoms with E-state index in [1.165, 1.54) is 0 Å². The van der Waals surface area contributed by atoms with E-state index in [4.69, 9.17) is 9.47 Å². The van der Waals surface area contributed by atoms with Crippen LogP contribution in [-0.2, 0) is 14.3 Å². The summed E-state index contributed by atoms with van der Waals surface area (Å²) in [7, 11) is 0. The molecule has 0 bridgehead atoms. The van der Waals surface area contributed by atoms with Gasteiger partial charge in [-0.15, -0.1) is 0 Å². The molecular formula is C13H25NO4. The van der Waals surface area contributed by atoms with Gasteiger partial charge in [-0.25, -0.2) is 9.59 Å². The van der Waals surface area contributed by atoms with Crippen LogP contribution >= 0.6 is 0 Å². The summed E-state index contributed by atoms with van der Waals surface area (Å²) in [6.45, 7) is 11.2. The van der Waals surface area contributed by atoms with Gasteiger partial charge >= 0.3 is 12.1 Å². The number of ether oxygens (including phenoxy) is 2. The molecule has 0 spiro atoms. The number of hydrogen-bond donors (Lipinski definition) is 1. The van der Waals surface area contributed by atoms with Gasteiger partial charge in [0.1, 0.15) is 11.6 Å². The molecule has 5 nitrogen and oxygen atoms in total.